The number of nitrogens with zero attached hydrogens (tertiary/aromatic N) is 1. The van der Waals surface area contributed by atoms with Crippen molar-refractivity contribution in [3.8, 4) is 5.75 Å². The first-order valence-electron chi connectivity index (χ1n) is 7.26. The fourth-order valence-corrected chi connectivity index (χ4v) is 1.89. The van der Waals surface area contributed by atoms with E-state index in [2.05, 4.69) is 50.3 Å². The molecule has 0 amide bonds. The van der Waals surface area contributed by atoms with E-state index < -0.39 is 0 Å². The van der Waals surface area contributed by atoms with Crippen molar-refractivity contribution in [1.29, 1.82) is 0 Å². The van der Waals surface area contributed by atoms with E-state index in [1.165, 1.54) is 19.3 Å². The number of rotatable bonds is 9. The predicted octanol–water partition coefficient (Wildman–Crippen LogP) is 3.62. The van der Waals surface area contributed by atoms with E-state index in [-0.39, 0.29) is 0 Å². The summed E-state index contributed by atoms with van der Waals surface area (Å²) in [5, 5.41) is 3.53. The quantitative estimate of drug-likeness (QED) is 0.737. The molecule has 3 nitrogen and oxygen atoms in total. The van der Waals surface area contributed by atoms with Gasteiger partial charge in [0.2, 0.25) is 0 Å². The Morgan fingerprint density at radius 2 is 2.11 bits per heavy atom. The molecule has 1 aromatic rings. The van der Waals surface area contributed by atoms with Gasteiger partial charge in [-0.05, 0) is 39.6 Å². The Kier molecular flexibility index (Phi) is 7.34. The lowest BCUT2D eigenvalue weighted by Gasteiger charge is -2.16. The molecule has 0 saturated carbocycles. The maximum Gasteiger partial charge on any atom is 0.121 e. The Labute approximate surface area is 118 Å². The molecule has 1 atom stereocenters. The SMILES string of the molecule is CCCCC(C)Nc1cccc(OCCN(C)C)c1. The normalized spacial score (nSPS) is 12.5. The van der Waals surface area contributed by atoms with Gasteiger partial charge in [0.1, 0.15) is 12.4 Å². The van der Waals surface area contributed by atoms with Crippen LogP contribution in [0.5, 0.6) is 5.75 Å². The van der Waals surface area contributed by atoms with Crippen LogP contribution in [0.1, 0.15) is 33.1 Å². The molecule has 0 aromatic heterocycles. The Balaban J connectivity index is 2.42. The minimum absolute atomic E-state index is 0.511. The van der Waals surface area contributed by atoms with E-state index in [0.717, 1.165) is 24.6 Å². The van der Waals surface area contributed by atoms with Gasteiger partial charge in [-0.15, -0.1) is 0 Å². The fraction of sp³-hybridized carbons (Fsp3) is 0.625. The first kappa shape index (κ1) is 15.8. The van der Waals surface area contributed by atoms with Crippen LogP contribution in [0.4, 0.5) is 5.69 Å². The van der Waals surface area contributed by atoms with Crippen LogP contribution in [0.2, 0.25) is 0 Å². The molecule has 0 aliphatic rings. The summed E-state index contributed by atoms with van der Waals surface area (Å²) in [6, 6.07) is 8.74. The fourth-order valence-electron chi connectivity index (χ4n) is 1.89. The molecule has 0 aliphatic heterocycles. The molecule has 1 unspecified atom stereocenters. The Bertz CT molecular complexity index is 352. The predicted molar refractivity (Wildman–Crippen MR) is 83.1 cm³/mol. The number of likely N-dealkylation sites (N-methyl/N-ethyl adjacent to an activating group) is 1. The van der Waals surface area contributed by atoms with Crippen molar-refractivity contribution >= 4 is 5.69 Å². The second kappa shape index (κ2) is 8.81. The summed E-state index contributed by atoms with van der Waals surface area (Å²) >= 11 is 0. The third-order valence-corrected chi connectivity index (χ3v) is 3.05. The summed E-state index contributed by atoms with van der Waals surface area (Å²) in [7, 11) is 4.10. The number of hydrogen-bond donors (Lipinski definition) is 1. The average molecular weight is 264 g/mol. The van der Waals surface area contributed by atoms with Crippen molar-refractivity contribution in [3.05, 3.63) is 24.3 Å². The first-order chi connectivity index (χ1) is 9.11. The highest BCUT2D eigenvalue weighted by atomic mass is 16.5. The van der Waals surface area contributed by atoms with Crippen molar-refractivity contribution in [3.63, 3.8) is 0 Å². The highest BCUT2D eigenvalue weighted by molar-refractivity contribution is 5.48. The molecule has 108 valence electrons. The molecule has 0 heterocycles. The largest absolute Gasteiger partial charge is 0.492 e. The molecule has 0 fully saturated rings. The van der Waals surface area contributed by atoms with Gasteiger partial charge in [-0.25, -0.2) is 0 Å². The van der Waals surface area contributed by atoms with E-state index >= 15 is 0 Å². The molecule has 0 radical (unpaired) electrons. The molecule has 1 aromatic carbocycles. The minimum Gasteiger partial charge on any atom is -0.492 e. The monoisotopic (exact) mass is 264 g/mol. The summed E-state index contributed by atoms with van der Waals surface area (Å²) in [4.78, 5) is 2.12. The number of benzene rings is 1. The Morgan fingerprint density at radius 1 is 1.32 bits per heavy atom. The third kappa shape index (κ3) is 7.06. The Morgan fingerprint density at radius 3 is 2.79 bits per heavy atom. The van der Waals surface area contributed by atoms with Crippen LogP contribution in [-0.2, 0) is 0 Å². The summed E-state index contributed by atoms with van der Waals surface area (Å²) < 4.78 is 5.74. The van der Waals surface area contributed by atoms with Gasteiger partial charge in [0, 0.05) is 24.3 Å². The molecule has 0 saturated heterocycles. The highest BCUT2D eigenvalue weighted by Gasteiger charge is 2.02. The standard InChI is InChI=1S/C16H28N2O/c1-5-6-8-14(2)17-15-9-7-10-16(13-15)19-12-11-18(3)4/h7,9-10,13-14,17H,5-6,8,11-12H2,1-4H3. The zero-order valence-corrected chi connectivity index (χ0v) is 12.8. The van der Waals surface area contributed by atoms with Crippen LogP contribution >= 0.6 is 0 Å². The zero-order valence-electron chi connectivity index (χ0n) is 12.8. The molecule has 19 heavy (non-hydrogen) atoms. The second-order valence-corrected chi connectivity index (χ2v) is 5.37. The van der Waals surface area contributed by atoms with Crippen LogP contribution in [0.3, 0.4) is 0 Å². The van der Waals surface area contributed by atoms with Crippen molar-refractivity contribution < 1.29 is 4.74 Å². The number of anilines is 1. The number of hydrogen-bond acceptors (Lipinski definition) is 3. The van der Waals surface area contributed by atoms with Gasteiger partial charge in [-0.2, -0.15) is 0 Å². The summed E-state index contributed by atoms with van der Waals surface area (Å²) in [5.41, 5.74) is 1.14. The van der Waals surface area contributed by atoms with E-state index in [1.807, 2.05) is 12.1 Å². The number of nitrogens with one attached hydrogen (secondary N) is 1. The topological polar surface area (TPSA) is 24.5 Å². The molecule has 1 rings (SSSR count). The van der Waals surface area contributed by atoms with E-state index in [4.69, 9.17) is 4.74 Å². The van der Waals surface area contributed by atoms with Crippen molar-refractivity contribution in [2.75, 3.05) is 32.6 Å². The van der Waals surface area contributed by atoms with Gasteiger partial charge in [0.25, 0.3) is 0 Å². The van der Waals surface area contributed by atoms with Crippen molar-refractivity contribution in [1.82, 2.24) is 4.90 Å². The molecule has 0 aliphatic carbocycles. The maximum absolute atomic E-state index is 5.74. The second-order valence-electron chi connectivity index (χ2n) is 5.37. The van der Waals surface area contributed by atoms with Gasteiger partial charge in [0.15, 0.2) is 0 Å². The minimum atomic E-state index is 0.511. The Hall–Kier alpha value is -1.22. The summed E-state index contributed by atoms with van der Waals surface area (Å²) in [6.07, 6.45) is 3.73. The smallest absolute Gasteiger partial charge is 0.121 e. The van der Waals surface area contributed by atoms with Crippen LogP contribution < -0.4 is 10.1 Å². The molecular weight excluding hydrogens is 236 g/mol. The lowest BCUT2D eigenvalue weighted by atomic mass is 10.1. The van der Waals surface area contributed by atoms with Crippen LogP contribution in [0, 0.1) is 0 Å². The van der Waals surface area contributed by atoms with Crippen LogP contribution in [0.25, 0.3) is 0 Å². The molecule has 1 N–H and O–H groups in total. The van der Waals surface area contributed by atoms with Crippen molar-refractivity contribution in [2.45, 2.75) is 39.2 Å². The molecule has 0 bridgehead atoms. The molecular formula is C16H28N2O. The van der Waals surface area contributed by atoms with E-state index in [9.17, 15) is 0 Å². The van der Waals surface area contributed by atoms with Crippen LogP contribution in [0.15, 0.2) is 24.3 Å². The van der Waals surface area contributed by atoms with E-state index in [0.29, 0.717) is 6.04 Å². The van der Waals surface area contributed by atoms with Gasteiger partial charge >= 0.3 is 0 Å². The lowest BCUT2D eigenvalue weighted by Crippen LogP contribution is -2.19. The zero-order chi connectivity index (χ0) is 14.1. The first-order valence-corrected chi connectivity index (χ1v) is 7.26. The average Bonchev–Trinajstić information content (AvgIpc) is 2.36. The number of ether oxygens (including phenoxy) is 1. The van der Waals surface area contributed by atoms with Gasteiger partial charge in [-0.1, -0.05) is 25.8 Å². The number of unbranched alkanes of at least 4 members (excludes halogenated alkanes) is 1. The molecule has 3 heteroatoms. The van der Waals surface area contributed by atoms with Gasteiger partial charge in [-0.3, -0.25) is 0 Å². The van der Waals surface area contributed by atoms with E-state index in [1.54, 1.807) is 0 Å². The highest BCUT2D eigenvalue weighted by Crippen LogP contribution is 2.19. The lowest BCUT2D eigenvalue weighted by molar-refractivity contribution is 0.261. The summed E-state index contributed by atoms with van der Waals surface area (Å²) in [5.74, 6) is 0.939. The maximum atomic E-state index is 5.74. The molecule has 0 spiro atoms. The van der Waals surface area contributed by atoms with Gasteiger partial charge < -0.3 is 15.0 Å². The third-order valence-electron chi connectivity index (χ3n) is 3.05. The van der Waals surface area contributed by atoms with Gasteiger partial charge in [0.05, 0.1) is 0 Å². The van der Waals surface area contributed by atoms with Crippen LogP contribution in [-0.4, -0.2) is 38.2 Å². The van der Waals surface area contributed by atoms with Crippen molar-refractivity contribution in [2.24, 2.45) is 0 Å². The summed E-state index contributed by atoms with van der Waals surface area (Å²) in [6.45, 7) is 6.12.